The highest BCUT2D eigenvalue weighted by Crippen LogP contribution is 2.29. The molecule has 0 saturated carbocycles. The second-order valence-electron chi connectivity index (χ2n) is 7.52. The van der Waals surface area contributed by atoms with Crippen molar-refractivity contribution in [2.24, 2.45) is 0 Å². The largest absolute Gasteiger partial charge is 0.356 e. The van der Waals surface area contributed by atoms with Crippen LogP contribution in [-0.2, 0) is 19.4 Å². The van der Waals surface area contributed by atoms with Gasteiger partial charge in [0, 0.05) is 43.1 Å². The monoisotopic (exact) mass is 368 g/mol. The third-order valence-electron chi connectivity index (χ3n) is 5.60. The van der Waals surface area contributed by atoms with Gasteiger partial charge in [-0.15, -0.1) is 0 Å². The molecule has 0 atom stereocenters. The highest BCUT2D eigenvalue weighted by molar-refractivity contribution is 5.92. The Morgan fingerprint density at radius 3 is 2.74 bits per heavy atom. The average Bonchev–Trinajstić information content (AvgIpc) is 3.17. The number of hydrogen-bond acceptors (Lipinski definition) is 5. The normalized spacial score (nSPS) is 17.6. The zero-order valence-corrected chi connectivity index (χ0v) is 16.2. The number of rotatable bonds is 4. The molecule has 1 amide bonds. The molecule has 0 unspecified atom stereocenters. The van der Waals surface area contributed by atoms with Gasteiger partial charge >= 0.3 is 0 Å². The quantitative estimate of drug-likeness (QED) is 0.896. The maximum atomic E-state index is 12.4. The van der Waals surface area contributed by atoms with Crippen molar-refractivity contribution in [1.29, 1.82) is 0 Å². The summed E-state index contributed by atoms with van der Waals surface area (Å²) in [5, 5.41) is 7.44. The number of carbonyl (C=O) groups is 1. The fraction of sp³-hybridized carbons (Fsp3) is 0.600. The second-order valence-corrected chi connectivity index (χ2v) is 7.52. The van der Waals surface area contributed by atoms with Gasteiger partial charge in [-0.2, -0.15) is 5.10 Å². The summed E-state index contributed by atoms with van der Waals surface area (Å²) in [5.41, 5.74) is 3.09. The van der Waals surface area contributed by atoms with Gasteiger partial charge in [0.2, 0.25) is 0 Å². The first-order valence-electron chi connectivity index (χ1n) is 10.1. The van der Waals surface area contributed by atoms with Crippen LogP contribution in [0.25, 0.3) is 0 Å². The number of carbonyl (C=O) groups excluding carboxylic acids is 1. The first kappa shape index (κ1) is 17.9. The van der Waals surface area contributed by atoms with Crippen LogP contribution in [0.1, 0.15) is 60.2 Å². The molecule has 0 aromatic carbocycles. The van der Waals surface area contributed by atoms with Gasteiger partial charge in [0.05, 0.1) is 0 Å². The number of nitrogens with one attached hydrogen (secondary N) is 1. The van der Waals surface area contributed by atoms with E-state index in [4.69, 9.17) is 4.98 Å². The van der Waals surface area contributed by atoms with E-state index in [0.29, 0.717) is 5.69 Å². The topological polar surface area (TPSA) is 75.9 Å². The number of piperidine rings is 1. The second kappa shape index (κ2) is 7.66. The van der Waals surface area contributed by atoms with Crippen molar-refractivity contribution in [1.82, 2.24) is 25.1 Å². The molecule has 1 aliphatic carbocycles. The Balaban J connectivity index is 1.39. The van der Waals surface area contributed by atoms with E-state index < -0.39 is 0 Å². The molecular weight excluding hydrogens is 340 g/mol. The lowest BCUT2D eigenvalue weighted by Crippen LogP contribution is -2.45. The molecule has 3 heterocycles. The minimum Gasteiger partial charge on any atom is -0.356 e. The van der Waals surface area contributed by atoms with Crippen LogP contribution in [0.5, 0.6) is 0 Å². The molecule has 0 radical (unpaired) electrons. The minimum absolute atomic E-state index is 0.0732. The van der Waals surface area contributed by atoms with Gasteiger partial charge in [0.25, 0.3) is 5.91 Å². The first-order chi connectivity index (χ1) is 13.1. The molecular formula is C20H28N6O. The Labute approximate surface area is 160 Å². The summed E-state index contributed by atoms with van der Waals surface area (Å²) >= 11 is 0. The molecule has 2 aromatic rings. The van der Waals surface area contributed by atoms with Crippen molar-refractivity contribution in [2.45, 2.75) is 65.0 Å². The third kappa shape index (κ3) is 3.82. The molecule has 2 aromatic heterocycles. The van der Waals surface area contributed by atoms with Gasteiger partial charge < -0.3 is 10.2 Å². The summed E-state index contributed by atoms with van der Waals surface area (Å²) in [6.45, 7) is 6.60. The molecule has 7 heteroatoms. The van der Waals surface area contributed by atoms with E-state index in [2.05, 4.69) is 20.3 Å². The average molecular weight is 368 g/mol. The summed E-state index contributed by atoms with van der Waals surface area (Å²) in [5.74, 6) is 1.92. The van der Waals surface area contributed by atoms with E-state index >= 15 is 0 Å². The van der Waals surface area contributed by atoms with Gasteiger partial charge in [0.15, 0.2) is 0 Å². The predicted octanol–water partition coefficient (Wildman–Crippen LogP) is 2.28. The molecule has 1 aliphatic heterocycles. The lowest BCUT2D eigenvalue weighted by atomic mass is 9.95. The fourth-order valence-electron chi connectivity index (χ4n) is 4.11. The van der Waals surface area contributed by atoms with Crippen molar-refractivity contribution in [3.05, 3.63) is 35.0 Å². The van der Waals surface area contributed by atoms with Gasteiger partial charge in [-0.3, -0.25) is 9.48 Å². The Bertz CT molecular complexity index is 822. The molecule has 0 spiro atoms. The zero-order valence-electron chi connectivity index (χ0n) is 16.2. The van der Waals surface area contributed by atoms with Crippen molar-refractivity contribution < 1.29 is 4.79 Å². The molecule has 1 fully saturated rings. The summed E-state index contributed by atoms with van der Waals surface area (Å²) < 4.78 is 1.78. The van der Waals surface area contributed by atoms with Crippen LogP contribution in [0.2, 0.25) is 0 Å². The number of amides is 1. The van der Waals surface area contributed by atoms with Crippen molar-refractivity contribution in [2.75, 3.05) is 18.0 Å². The Morgan fingerprint density at radius 2 is 2.00 bits per heavy atom. The maximum Gasteiger partial charge on any atom is 0.271 e. The summed E-state index contributed by atoms with van der Waals surface area (Å²) in [6, 6.07) is 1.98. The van der Waals surface area contributed by atoms with Crippen LogP contribution in [0, 0.1) is 6.92 Å². The SMILES string of the molecule is CCn1ccc(C(=O)NC2CCN(c3nc(C)nc4c3CCCC4)CC2)n1. The van der Waals surface area contributed by atoms with Gasteiger partial charge in [-0.1, -0.05) is 0 Å². The van der Waals surface area contributed by atoms with Gasteiger partial charge in [-0.25, -0.2) is 9.97 Å². The molecule has 1 N–H and O–H groups in total. The Morgan fingerprint density at radius 1 is 1.22 bits per heavy atom. The number of aromatic nitrogens is 4. The zero-order chi connectivity index (χ0) is 18.8. The summed E-state index contributed by atoms with van der Waals surface area (Å²) in [7, 11) is 0. The number of fused-ring (bicyclic) bond motifs is 1. The van der Waals surface area contributed by atoms with E-state index in [0.717, 1.165) is 57.0 Å². The van der Waals surface area contributed by atoms with Crippen LogP contribution in [0.15, 0.2) is 12.3 Å². The van der Waals surface area contributed by atoms with Gasteiger partial charge in [0.1, 0.15) is 17.3 Å². The molecule has 4 rings (SSSR count). The lowest BCUT2D eigenvalue weighted by molar-refractivity contribution is 0.0925. The number of hydrogen-bond donors (Lipinski definition) is 1. The van der Waals surface area contributed by atoms with E-state index in [-0.39, 0.29) is 11.9 Å². The number of aryl methyl sites for hydroxylation is 3. The van der Waals surface area contributed by atoms with E-state index in [1.807, 2.05) is 20.0 Å². The van der Waals surface area contributed by atoms with Crippen LogP contribution in [-0.4, -0.2) is 44.8 Å². The molecule has 1 saturated heterocycles. The Hall–Kier alpha value is -2.44. The fourth-order valence-corrected chi connectivity index (χ4v) is 4.11. The Kier molecular flexibility index (Phi) is 5.09. The molecule has 7 nitrogen and oxygen atoms in total. The van der Waals surface area contributed by atoms with Gasteiger partial charge in [-0.05, 0) is 58.4 Å². The third-order valence-corrected chi connectivity index (χ3v) is 5.60. The first-order valence-corrected chi connectivity index (χ1v) is 10.1. The van der Waals surface area contributed by atoms with Crippen LogP contribution in [0.4, 0.5) is 5.82 Å². The summed E-state index contributed by atoms with van der Waals surface area (Å²) in [6.07, 6.45) is 8.31. The highest BCUT2D eigenvalue weighted by Gasteiger charge is 2.26. The number of nitrogens with zero attached hydrogens (tertiary/aromatic N) is 5. The van der Waals surface area contributed by atoms with E-state index in [1.165, 1.54) is 24.1 Å². The van der Waals surface area contributed by atoms with Crippen LogP contribution in [0.3, 0.4) is 0 Å². The smallest absolute Gasteiger partial charge is 0.271 e. The standard InChI is InChI=1S/C20H28N6O/c1-3-26-13-10-18(24-26)20(27)23-15-8-11-25(12-9-15)19-16-6-4-5-7-17(16)21-14(2)22-19/h10,13,15H,3-9,11-12H2,1-2H3,(H,23,27). The minimum atomic E-state index is -0.0732. The number of anilines is 1. The van der Waals surface area contributed by atoms with Crippen LogP contribution >= 0.6 is 0 Å². The predicted molar refractivity (Wildman–Crippen MR) is 104 cm³/mol. The summed E-state index contributed by atoms with van der Waals surface area (Å²) in [4.78, 5) is 24.2. The molecule has 0 bridgehead atoms. The maximum absolute atomic E-state index is 12.4. The molecule has 27 heavy (non-hydrogen) atoms. The van der Waals surface area contributed by atoms with Crippen molar-refractivity contribution in [3.8, 4) is 0 Å². The lowest BCUT2D eigenvalue weighted by Gasteiger charge is -2.35. The van der Waals surface area contributed by atoms with Crippen LogP contribution < -0.4 is 10.2 Å². The molecule has 144 valence electrons. The van der Waals surface area contributed by atoms with E-state index in [9.17, 15) is 4.79 Å². The molecule has 2 aliphatic rings. The van der Waals surface area contributed by atoms with E-state index in [1.54, 1.807) is 10.7 Å². The van der Waals surface area contributed by atoms with Crippen molar-refractivity contribution in [3.63, 3.8) is 0 Å². The highest BCUT2D eigenvalue weighted by atomic mass is 16.2. The van der Waals surface area contributed by atoms with Crippen molar-refractivity contribution >= 4 is 11.7 Å².